The first-order chi connectivity index (χ1) is 9.67. The second kappa shape index (κ2) is 9.32. The largest absolute Gasteiger partial charge is 0.465 e. The van der Waals surface area contributed by atoms with Crippen LogP contribution in [0, 0.1) is 0 Å². The second-order valence-corrected chi connectivity index (χ2v) is 4.78. The summed E-state index contributed by atoms with van der Waals surface area (Å²) in [6, 6.07) is 7.29. The van der Waals surface area contributed by atoms with Gasteiger partial charge in [0.1, 0.15) is 0 Å². The zero-order chi connectivity index (χ0) is 14.8. The van der Waals surface area contributed by atoms with Crippen LogP contribution in [0.1, 0.15) is 49.0 Å². The molecule has 3 nitrogen and oxygen atoms in total. The molecule has 0 heterocycles. The fourth-order valence-electron chi connectivity index (χ4n) is 1.75. The van der Waals surface area contributed by atoms with E-state index in [1.807, 2.05) is 19.1 Å². The molecule has 0 radical (unpaired) electrons. The molecule has 0 unspecified atom stereocenters. The monoisotopic (exact) mass is 276 g/mol. The van der Waals surface area contributed by atoms with Crippen molar-refractivity contribution in [1.29, 1.82) is 0 Å². The smallest absolute Gasteiger partial charge is 0.337 e. The Balaban J connectivity index is 2.38. The van der Waals surface area contributed by atoms with Gasteiger partial charge in [0.05, 0.1) is 25.4 Å². The molecular weight excluding hydrogens is 252 g/mol. The molecule has 0 fully saturated rings. The van der Waals surface area contributed by atoms with Crippen molar-refractivity contribution in [3.8, 4) is 0 Å². The SMILES string of the molecule is CCCC/C=C/[C@@H](C)OCc1ccc(C(=O)OC)cc1. The number of allylic oxidation sites excluding steroid dienone is 1. The molecule has 0 aliphatic rings. The minimum Gasteiger partial charge on any atom is -0.465 e. The van der Waals surface area contributed by atoms with Crippen LogP contribution >= 0.6 is 0 Å². The lowest BCUT2D eigenvalue weighted by Crippen LogP contribution is -2.05. The van der Waals surface area contributed by atoms with Crippen LogP contribution in [-0.4, -0.2) is 19.2 Å². The zero-order valence-electron chi connectivity index (χ0n) is 12.6. The lowest BCUT2D eigenvalue weighted by molar-refractivity contribution is 0.0600. The van der Waals surface area contributed by atoms with E-state index in [-0.39, 0.29) is 12.1 Å². The minimum atomic E-state index is -0.315. The quantitative estimate of drug-likeness (QED) is 0.407. The van der Waals surface area contributed by atoms with E-state index < -0.39 is 0 Å². The molecule has 0 aliphatic carbocycles. The normalized spacial score (nSPS) is 12.6. The van der Waals surface area contributed by atoms with Gasteiger partial charge in [-0.1, -0.05) is 44.1 Å². The summed E-state index contributed by atoms with van der Waals surface area (Å²) in [5.74, 6) is -0.315. The highest BCUT2D eigenvalue weighted by molar-refractivity contribution is 5.89. The Morgan fingerprint density at radius 1 is 1.30 bits per heavy atom. The summed E-state index contributed by atoms with van der Waals surface area (Å²) >= 11 is 0. The van der Waals surface area contributed by atoms with Gasteiger partial charge in [0.2, 0.25) is 0 Å². The van der Waals surface area contributed by atoms with E-state index in [0.29, 0.717) is 12.2 Å². The highest BCUT2D eigenvalue weighted by atomic mass is 16.5. The highest BCUT2D eigenvalue weighted by Gasteiger charge is 2.04. The van der Waals surface area contributed by atoms with Gasteiger partial charge in [-0.05, 0) is 31.0 Å². The van der Waals surface area contributed by atoms with E-state index in [9.17, 15) is 4.79 Å². The first-order valence-electron chi connectivity index (χ1n) is 7.13. The number of hydrogen-bond acceptors (Lipinski definition) is 3. The number of benzene rings is 1. The summed E-state index contributed by atoms with van der Waals surface area (Å²) in [6.45, 7) is 4.76. The van der Waals surface area contributed by atoms with Gasteiger partial charge in [0, 0.05) is 0 Å². The number of esters is 1. The van der Waals surface area contributed by atoms with E-state index >= 15 is 0 Å². The van der Waals surface area contributed by atoms with Crippen molar-refractivity contribution >= 4 is 5.97 Å². The molecule has 1 aromatic rings. The Morgan fingerprint density at radius 3 is 2.60 bits per heavy atom. The summed E-state index contributed by atoms with van der Waals surface area (Å²) < 4.78 is 10.4. The summed E-state index contributed by atoms with van der Waals surface area (Å²) in [4.78, 5) is 11.3. The fourth-order valence-corrected chi connectivity index (χ4v) is 1.75. The number of hydrogen-bond donors (Lipinski definition) is 0. The first kappa shape index (κ1) is 16.4. The molecule has 20 heavy (non-hydrogen) atoms. The van der Waals surface area contributed by atoms with Crippen LogP contribution in [0.25, 0.3) is 0 Å². The van der Waals surface area contributed by atoms with Crippen molar-refractivity contribution < 1.29 is 14.3 Å². The van der Waals surface area contributed by atoms with Gasteiger partial charge in [0.15, 0.2) is 0 Å². The number of unbranched alkanes of at least 4 members (excludes halogenated alkanes) is 2. The molecule has 0 saturated heterocycles. The van der Waals surface area contributed by atoms with Gasteiger partial charge < -0.3 is 9.47 Å². The molecule has 0 spiro atoms. The van der Waals surface area contributed by atoms with Crippen LogP contribution in [0.4, 0.5) is 0 Å². The molecular formula is C17H24O3. The van der Waals surface area contributed by atoms with Crippen molar-refractivity contribution in [2.45, 2.75) is 45.8 Å². The Bertz CT molecular complexity index is 420. The average molecular weight is 276 g/mol. The van der Waals surface area contributed by atoms with E-state index in [4.69, 9.17) is 4.74 Å². The number of methoxy groups -OCH3 is 1. The molecule has 110 valence electrons. The summed E-state index contributed by atoms with van der Waals surface area (Å²) in [5, 5.41) is 0. The maximum atomic E-state index is 11.3. The predicted molar refractivity (Wildman–Crippen MR) is 80.7 cm³/mol. The predicted octanol–water partition coefficient (Wildman–Crippen LogP) is 4.12. The van der Waals surface area contributed by atoms with E-state index in [0.717, 1.165) is 12.0 Å². The Morgan fingerprint density at radius 2 is 2.00 bits per heavy atom. The van der Waals surface area contributed by atoms with E-state index in [2.05, 4.69) is 23.8 Å². The molecule has 1 aromatic carbocycles. The van der Waals surface area contributed by atoms with Crippen LogP contribution in [0.5, 0.6) is 0 Å². The van der Waals surface area contributed by atoms with Gasteiger partial charge in [0.25, 0.3) is 0 Å². The van der Waals surface area contributed by atoms with Gasteiger partial charge in [-0.15, -0.1) is 0 Å². The van der Waals surface area contributed by atoms with Crippen LogP contribution in [-0.2, 0) is 16.1 Å². The molecule has 0 amide bonds. The third-order valence-corrected chi connectivity index (χ3v) is 3.02. The summed E-state index contributed by atoms with van der Waals surface area (Å²) in [5.41, 5.74) is 1.61. The molecule has 1 rings (SSSR count). The van der Waals surface area contributed by atoms with E-state index in [1.165, 1.54) is 20.0 Å². The van der Waals surface area contributed by atoms with Crippen LogP contribution in [0.15, 0.2) is 36.4 Å². The van der Waals surface area contributed by atoms with Gasteiger partial charge in [-0.25, -0.2) is 4.79 Å². The van der Waals surface area contributed by atoms with Crippen molar-refractivity contribution in [1.82, 2.24) is 0 Å². The molecule has 0 bridgehead atoms. The number of carbonyl (C=O) groups is 1. The fraction of sp³-hybridized carbons (Fsp3) is 0.471. The summed E-state index contributed by atoms with van der Waals surface area (Å²) in [6.07, 6.45) is 7.92. The van der Waals surface area contributed by atoms with Gasteiger partial charge in [-0.3, -0.25) is 0 Å². The summed E-state index contributed by atoms with van der Waals surface area (Å²) in [7, 11) is 1.38. The van der Waals surface area contributed by atoms with Crippen LogP contribution in [0.3, 0.4) is 0 Å². The standard InChI is InChI=1S/C17H24O3/c1-4-5-6-7-8-14(2)20-13-15-9-11-16(12-10-15)17(18)19-3/h7-12,14H,4-6,13H2,1-3H3/b8-7+/t14-/m1/s1. The Kier molecular flexibility index (Phi) is 7.66. The van der Waals surface area contributed by atoms with Crippen molar-refractivity contribution in [3.05, 3.63) is 47.5 Å². The van der Waals surface area contributed by atoms with E-state index in [1.54, 1.807) is 12.1 Å². The third-order valence-electron chi connectivity index (χ3n) is 3.02. The minimum absolute atomic E-state index is 0.104. The maximum Gasteiger partial charge on any atom is 0.337 e. The average Bonchev–Trinajstić information content (AvgIpc) is 2.49. The number of rotatable bonds is 8. The van der Waals surface area contributed by atoms with Crippen LogP contribution in [0.2, 0.25) is 0 Å². The lowest BCUT2D eigenvalue weighted by Gasteiger charge is -2.09. The second-order valence-electron chi connectivity index (χ2n) is 4.78. The molecule has 0 aliphatic heterocycles. The molecule has 1 atom stereocenters. The van der Waals surface area contributed by atoms with Crippen molar-refractivity contribution in [3.63, 3.8) is 0 Å². The lowest BCUT2D eigenvalue weighted by atomic mass is 10.1. The highest BCUT2D eigenvalue weighted by Crippen LogP contribution is 2.09. The van der Waals surface area contributed by atoms with Gasteiger partial charge >= 0.3 is 5.97 Å². The van der Waals surface area contributed by atoms with Crippen LogP contribution < -0.4 is 0 Å². The Hall–Kier alpha value is -1.61. The topological polar surface area (TPSA) is 35.5 Å². The number of carbonyl (C=O) groups excluding carboxylic acids is 1. The molecule has 0 aromatic heterocycles. The van der Waals surface area contributed by atoms with Crippen molar-refractivity contribution in [2.24, 2.45) is 0 Å². The zero-order valence-corrected chi connectivity index (χ0v) is 12.6. The maximum absolute atomic E-state index is 11.3. The van der Waals surface area contributed by atoms with Gasteiger partial charge in [-0.2, -0.15) is 0 Å². The molecule has 0 saturated carbocycles. The molecule has 3 heteroatoms. The Labute approximate surface area is 121 Å². The van der Waals surface area contributed by atoms with Crippen molar-refractivity contribution in [2.75, 3.05) is 7.11 Å². The number of ether oxygens (including phenoxy) is 2. The third kappa shape index (κ3) is 6.02. The molecule has 0 N–H and O–H groups in total. The first-order valence-corrected chi connectivity index (χ1v) is 7.13.